The zero-order chi connectivity index (χ0) is 33.2. The minimum absolute atomic E-state index is 0.0216. The van der Waals surface area contributed by atoms with Gasteiger partial charge in [0.25, 0.3) is 5.91 Å². The Morgan fingerprint density at radius 3 is 2.06 bits per heavy atom. The van der Waals surface area contributed by atoms with E-state index in [1.54, 1.807) is 4.90 Å². The first-order chi connectivity index (χ1) is 22.8. The lowest BCUT2D eigenvalue weighted by Gasteiger charge is -2.29. The third-order valence-corrected chi connectivity index (χ3v) is 8.27. The first kappa shape index (κ1) is 33.3. The Labute approximate surface area is 272 Å². The molecule has 13 nitrogen and oxygen atoms in total. The van der Waals surface area contributed by atoms with Crippen LogP contribution < -0.4 is 21.3 Å². The smallest absolute Gasteiger partial charge is 0.274 e. The van der Waals surface area contributed by atoms with Crippen LogP contribution in [0.1, 0.15) is 47.1 Å². The lowest BCUT2D eigenvalue weighted by atomic mass is 9.98. The van der Waals surface area contributed by atoms with Gasteiger partial charge in [0.1, 0.15) is 18.1 Å². The Kier molecular flexibility index (Phi) is 11.3. The highest BCUT2D eigenvalue weighted by Gasteiger charge is 2.31. The fourth-order valence-electron chi connectivity index (χ4n) is 5.61. The van der Waals surface area contributed by atoms with Crippen molar-refractivity contribution < 1.29 is 33.2 Å². The topological polar surface area (TPSA) is 172 Å². The molecule has 2 aliphatic rings. The number of ether oxygens (including phenoxy) is 1. The zero-order valence-corrected chi connectivity index (χ0v) is 26.3. The molecular formula is C34H40N6O7. The second kappa shape index (κ2) is 16.0. The van der Waals surface area contributed by atoms with E-state index in [9.17, 15) is 24.0 Å². The Morgan fingerprint density at radius 2 is 1.43 bits per heavy atom. The summed E-state index contributed by atoms with van der Waals surface area (Å²) in [6, 6.07) is 16.8. The summed E-state index contributed by atoms with van der Waals surface area (Å²) in [5, 5.41) is 14.9. The number of aromatic nitrogens is 1. The van der Waals surface area contributed by atoms with Crippen LogP contribution >= 0.6 is 0 Å². The molecule has 1 saturated heterocycles. The highest BCUT2D eigenvalue weighted by atomic mass is 16.5. The SMILES string of the molecule is C[C@@H]1NC(=O)c2cc(on2)CN(C(=O)C2CCOCC2)CCNC(=O)[C@@H](Cc2ccccc2)NC(=O)[C@H](Cc2ccccc2)NC1=O. The van der Waals surface area contributed by atoms with Crippen LogP contribution in [0.3, 0.4) is 0 Å². The number of rotatable bonds is 5. The Morgan fingerprint density at radius 1 is 0.830 bits per heavy atom. The van der Waals surface area contributed by atoms with Crippen LogP contribution in [-0.2, 0) is 43.3 Å². The van der Waals surface area contributed by atoms with Crippen LogP contribution in [0.5, 0.6) is 0 Å². The van der Waals surface area contributed by atoms with E-state index < -0.39 is 41.8 Å². The number of hydrogen-bond donors (Lipinski definition) is 4. The largest absolute Gasteiger partial charge is 0.381 e. The average Bonchev–Trinajstić information content (AvgIpc) is 3.56. The fourth-order valence-corrected chi connectivity index (χ4v) is 5.61. The van der Waals surface area contributed by atoms with Crippen molar-refractivity contribution in [2.75, 3.05) is 26.3 Å². The van der Waals surface area contributed by atoms with E-state index in [2.05, 4.69) is 26.4 Å². The second-order valence-electron chi connectivity index (χ2n) is 11.8. The van der Waals surface area contributed by atoms with Crippen molar-refractivity contribution in [3.63, 3.8) is 0 Å². The van der Waals surface area contributed by atoms with Gasteiger partial charge in [-0.1, -0.05) is 65.8 Å². The van der Waals surface area contributed by atoms with Crippen molar-refractivity contribution in [1.29, 1.82) is 0 Å². The van der Waals surface area contributed by atoms with Gasteiger partial charge in [0, 0.05) is 51.1 Å². The number of nitrogens with zero attached hydrogens (tertiary/aromatic N) is 2. The number of amides is 5. The zero-order valence-electron chi connectivity index (χ0n) is 26.3. The average molecular weight is 645 g/mol. The van der Waals surface area contributed by atoms with Crippen molar-refractivity contribution >= 4 is 29.5 Å². The van der Waals surface area contributed by atoms with Crippen molar-refractivity contribution in [2.24, 2.45) is 5.92 Å². The third-order valence-electron chi connectivity index (χ3n) is 8.27. The fraction of sp³-hybridized carbons (Fsp3) is 0.412. The minimum atomic E-state index is -1.06. The molecule has 1 aromatic heterocycles. The quantitative estimate of drug-likeness (QED) is 0.320. The number of fused-ring (bicyclic) bond motifs is 2. The molecule has 248 valence electrons. The molecule has 3 atom stereocenters. The summed E-state index contributed by atoms with van der Waals surface area (Å²) < 4.78 is 10.8. The van der Waals surface area contributed by atoms with Crippen LogP contribution in [0, 0.1) is 5.92 Å². The van der Waals surface area contributed by atoms with Gasteiger partial charge in [-0.2, -0.15) is 0 Å². The van der Waals surface area contributed by atoms with E-state index in [4.69, 9.17) is 9.26 Å². The number of nitrogens with one attached hydrogen (secondary N) is 4. The van der Waals surface area contributed by atoms with E-state index >= 15 is 0 Å². The molecule has 3 aromatic rings. The van der Waals surface area contributed by atoms with E-state index in [1.807, 2.05) is 60.7 Å². The van der Waals surface area contributed by atoms with Gasteiger partial charge in [0.15, 0.2) is 11.5 Å². The Balaban J connectivity index is 1.43. The molecule has 47 heavy (non-hydrogen) atoms. The lowest BCUT2D eigenvalue weighted by molar-refractivity contribution is -0.139. The number of carbonyl (C=O) groups is 5. The Hall–Kier alpha value is -5.04. The highest BCUT2D eigenvalue weighted by molar-refractivity contribution is 5.97. The predicted octanol–water partition coefficient (Wildman–Crippen LogP) is 1.13. The van der Waals surface area contributed by atoms with Crippen molar-refractivity contribution in [3.8, 4) is 0 Å². The molecule has 2 aliphatic heterocycles. The summed E-state index contributed by atoms with van der Waals surface area (Å²) in [6.45, 7) is 2.72. The number of benzene rings is 2. The molecule has 13 heteroatoms. The van der Waals surface area contributed by atoms with Gasteiger partial charge in [0.2, 0.25) is 23.6 Å². The molecule has 4 N–H and O–H groups in total. The summed E-state index contributed by atoms with van der Waals surface area (Å²) in [6.07, 6.45) is 1.49. The van der Waals surface area contributed by atoms with Crippen LogP contribution in [0.2, 0.25) is 0 Å². The number of carbonyl (C=O) groups excluding carboxylic acids is 5. The van der Waals surface area contributed by atoms with Gasteiger partial charge in [-0.25, -0.2) is 0 Å². The molecule has 0 radical (unpaired) electrons. The maximum Gasteiger partial charge on any atom is 0.274 e. The maximum atomic E-state index is 13.8. The van der Waals surface area contributed by atoms with Crippen LogP contribution in [0.25, 0.3) is 0 Å². The van der Waals surface area contributed by atoms with Crippen molar-refractivity contribution in [2.45, 2.75) is 57.3 Å². The monoisotopic (exact) mass is 644 g/mol. The van der Waals surface area contributed by atoms with E-state index in [-0.39, 0.29) is 55.8 Å². The summed E-state index contributed by atoms with van der Waals surface area (Å²) in [5.74, 6) is -2.35. The van der Waals surface area contributed by atoms with Gasteiger partial charge in [-0.3, -0.25) is 24.0 Å². The summed E-state index contributed by atoms with van der Waals surface area (Å²) in [7, 11) is 0. The van der Waals surface area contributed by atoms with Crippen molar-refractivity contribution in [1.82, 2.24) is 31.3 Å². The van der Waals surface area contributed by atoms with E-state index in [0.29, 0.717) is 26.1 Å². The van der Waals surface area contributed by atoms with Crippen LogP contribution in [0.15, 0.2) is 71.3 Å². The number of hydrogen-bond acceptors (Lipinski definition) is 8. The van der Waals surface area contributed by atoms with Gasteiger partial charge in [-0.05, 0) is 30.9 Å². The third kappa shape index (κ3) is 9.26. The summed E-state index contributed by atoms with van der Waals surface area (Å²) >= 11 is 0. The molecule has 0 spiro atoms. The molecule has 2 aromatic carbocycles. The van der Waals surface area contributed by atoms with E-state index in [1.165, 1.54) is 13.0 Å². The van der Waals surface area contributed by atoms with Crippen LogP contribution in [-0.4, -0.2) is 84.0 Å². The molecule has 5 amide bonds. The first-order valence-electron chi connectivity index (χ1n) is 15.9. The first-order valence-corrected chi connectivity index (χ1v) is 15.9. The van der Waals surface area contributed by atoms with Crippen LogP contribution in [0.4, 0.5) is 0 Å². The maximum absolute atomic E-state index is 13.8. The van der Waals surface area contributed by atoms with Gasteiger partial charge in [-0.15, -0.1) is 0 Å². The predicted molar refractivity (Wildman–Crippen MR) is 170 cm³/mol. The molecule has 0 unspecified atom stereocenters. The van der Waals surface area contributed by atoms with Crippen molar-refractivity contribution in [3.05, 3.63) is 89.3 Å². The van der Waals surface area contributed by atoms with Gasteiger partial charge < -0.3 is 35.4 Å². The minimum Gasteiger partial charge on any atom is -0.381 e. The molecule has 5 rings (SSSR count). The standard InChI is InChI=1S/C34H40N6O7/c1-22-30(41)37-28(19-24-10-6-3-7-11-24)32(43)38-27(18-23-8-4-2-5-9-23)31(42)35-14-15-40(34(45)25-12-16-46-17-13-25)21-26-20-29(39-47-26)33(44)36-22/h2-11,20,22,25,27-28H,12-19,21H2,1H3,(H,35,42)(H,36,44)(H,37,41)(H,38,43)/t22-,27+,28-/m0/s1. The molecule has 3 heterocycles. The van der Waals surface area contributed by atoms with Gasteiger partial charge in [0.05, 0.1) is 6.54 Å². The summed E-state index contributed by atoms with van der Waals surface area (Å²) in [4.78, 5) is 68.9. The molecule has 0 saturated carbocycles. The molecule has 0 aliphatic carbocycles. The molecule has 1 fully saturated rings. The normalized spacial score (nSPS) is 22.2. The Bertz CT molecular complexity index is 1540. The molecular weight excluding hydrogens is 604 g/mol. The van der Waals surface area contributed by atoms with E-state index in [0.717, 1.165) is 11.1 Å². The van der Waals surface area contributed by atoms with Gasteiger partial charge >= 0.3 is 0 Å². The lowest BCUT2D eigenvalue weighted by Crippen LogP contribution is -2.57. The summed E-state index contributed by atoms with van der Waals surface area (Å²) in [5.41, 5.74) is 1.56. The second-order valence-corrected chi connectivity index (χ2v) is 11.8. The molecule has 2 bridgehead atoms. The highest BCUT2D eigenvalue weighted by Crippen LogP contribution is 2.19.